The number of furan rings is 2. The van der Waals surface area contributed by atoms with Crippen LogP contribution in [0.4, 0.5) is 17.1 Å². The van der Waals surface area contributed by atoms with Gasteiger partial charge in [-0.25, -0.2) is 0 Å². The minimum Gasteiger partial charge on any atom is -0.456 e. The lowest BCUT2D eigenvalue weighted by Crippen LogP contribution is -2.16. The highest BCUT2D eigenvalue weighted by Gasteiger charge is 2.36. The quantitative estimate of drug-likeness (QED) is 0.194. The highest BCUT2D eigenvalue weighted by atomic mass is 16.3. The fourth-order valence-corrected chi connectivity index (χ4v) is 7.08. The molecule has 0 spiro atoms. The lowest BCUT2D eigenvalue weighted by molar-refractivity contribution is 0.660. The number of nitrogens with zero attached hydrogens (tertiary/aromatic N) is 1. The lowest BCUT2D eigenvalue weighted by Gasteiger charge is -2.29. The van der Waals surface area contributed by atoms with Crippen molar-refractivity contribution in [3.05, 3.63) is 162 Å². The molecule has 0 saturated heterocycles. The van der Waals surface area contributed by atoms with E-state index in [0.717, 1.165) is 33.4 Å². The second-order valence-corrected chi connectivity index (χ2v) is 12.3. The summed E-state index contributed by atoms with van der Waals surface area (Å²) < 4.78 is 137. The minimum absolute atomic E-state index is 0.169. The second kappa shape index (κ2) is 9.97. The Labute approximate surface area is 297 Å². The predicted octanol–water partition coefficient (Wildman–Crippen LogP) is 12.9. The zero-order chi connectivity index (χ0) is 44.2. The van der Waals surface area contributed by atoms with E-state index in [4.69, 9.17) is 25.3 Å². The zero-order valence-electron chi connectivity index (χ0n) is 39.6. The molecule has 0 aliphatic heterocycles. The first-order valence-electron chi connectivity index (χ1n) is 22.4. The van der Waals surface area contributed by atoms with Gasteiger partial charge in [0, 0.05) is 21.9 Å². The van der Waals surface area contributed by atoms with Crippen molar-refractivity contribution >= 4 is 60.9 Å². The van der Waals surface area contributed by atoms with Gasteiger partial charge in [-0.15, -0.1) is 0 Å². The van der Waals surface area contributed by atoms with E-state index in [9.17, 15) is 2.74 Å². The molecule has 0 fully saturated rings. The van der Waals surface area contributed by atoms with Crippen molar-refractivity contribution in [2.45, 2.75) is 19.3 Å². The summed E-state index contributed by atoms with van der Waals surface area (Å²) in [7, 11) is 0. The molecule has 3 nitrogen and oxygen atoms in total. The molecule has 1 aliphatic carbocycles. The Morgan fingerprint density at radius 1 is 0.521 bits per heavy atom. The van der Waals surface area contributed by atoms with Gasteiger partial charge in [0.1, 0.15) is 22.3 Å². The largest absolute Gasteiger partial charge is 0.456 e. The summed E-state index contributed by atoms with van der Waals surface area (Å²) in [5, 5.41) is -0.755. The summed E-state index contributed by atoms with van der Waals surface area (Å²) in [6.07, 6.45) is 0. The molecule has 7 aromatic carbocycles. The Morgan fingerprint density at radius 3 is 1.77 bits per heavy atom. The van der Waals surface area contributed by atoms with Crippen LogP contribution in [-0.4, -0.2) is 0 Å². The summed E-state index contributed by atoms with van der Waals surface area (Å²) >= 11 is 0. The van der Waals surface area contributed by atoms with Gasteiger partial charge in [0.15, 0.2) is 0 Å². The molecule has 10 rings (SSSR count). The van der Waals surface area contributed by atoms with E-state index >= 15 is 0 Å². The molecule has 2 heterocycles. The van der Waals surface area contributed by atoms with Gasteiger partial charge < -0.3 is 13.7 Å². The first kappa shape index (κ1) is 16.7. The smallest absolute Gasteiger partial charge is 0.137 e. The molecule has 3 heteroatoms. The van der Waals surface area contributed by atoms with Crippen molar-refractivity contribution in [2.75, 3.05) is 4.90 Å². The lowest BCUT2D eigenvalue weighted by atomic mass is 9.82. The number of rotatable bonds is 4. The third-order valence-corrected chi connectivity index (χ3v) is 9.33. The molecule has 0 saturated carbocycles. The number of benzene rings is 7. The topological polar surface area (TPSA) is 29.5 Å². The first-order valence-corrected chi connectivity index (χ1v) is 15.4. The normalized spacial score (nSPS) is 17.5. The van der Waals surface area contributed by atoms with Gasteiger partial charge in [-0.1, -0.05) is 111 Å². The monoisotopic (exact) mass is 631 g/mol. The maximum Gasteiger partial charge on any atom is 0.137 e. The van der Waals surface area contributed by atoms with E-state index in [2.05, 4.69) is 18.2 Å². The van der Waals surface area contributed by atoms with Gasteiger partial charge >= 0.3 is 0 Å². The Bertz CT molecular complexity index is 3350. The molecule has 0 atom stereocenters. The second-order valence-electron chi connectivity index (χ2n) is 12.3. The fraction of sp³-hybridized carbons (Fsp3) is 0.0667. The van der Waals surface area contributed by atoms with Gasteiger partial charge in [0.25, 0.3) is 0 Å². The molecule has 0 amide bonds. The molecule has 0 N–H and O–H groups in total. The van der Waals surface area contributed by atoms with Crippen LogP contribution in [0.2, 0.25) is 0 Å². The number of hydrogen-bond donors (Lipinski definition) is 0. The van der Waals surface area contributed by atoms with Gasteiger partial charge in [-0.2, -0.15) is 0 Å². The molecule has 2 aromatic heterocycles. The van der Waals surface area contributed by atoms with Crippen molar-refractivity contribution < 1.29 is 28.0 Å². The Balaban J connectivity index is 1.39. The molecule has 48 heavy (non-hydrogen) atoms. The predicted molar refractivity (Wildman–Crippen MR) is 199 cm³/mol. The van der Waals surface area contributed by atoms with Crippen molar-refractivity contribution in [1.29, 1.82) is 0 Å². The summed E-state index contributed by atoms with van der Waals surface area (Å²) in [5.74, 6) is 0. The van der Waals surface area contributed by atoms with E-state index in [1.807, 2.05) is 56.3 Å². The first-order chi connectivity index (χ1) is 29.4. The number of anilines is 3. The van der Waals surface area contributed by atoms with Crippen LogP contribution in [-0.2, 0) is 5.41 Å². The van der Waals surface area contributed by atoms with Crippen molar-refractivity contribution in [3.63, 3.8) is 0 Å². The molecule has 9 aromatic rings. The summed E-state index contributed by atoms with van der Waals surface area (Å²) in [5.41, 5.74) is 3.30. The molecule has 0 unspecified atom stereocenters. The van der Waals surface area contributed by atoms with Crippen LogP contribution >= 0.6 is 0 Å². The van der Waals surface area contributed by atoms with Crippen LogP contribution in [0.3, 0.4) is 0 Å². The molecule has 0 radical (unpaired) electrons. The minimum atomic E-state index is -0.654. The Kier molecular flexibility index (Phi) is 3.46. The summed E-state index contributed by atoms with van der Waals surface area (Å²) in [6, 6.07) is 13.1. The summed E-state index contributed by atoms with van der Waals surface area (Å²) in [6.45, 7) is 4.09. The molecular weight excluding hydrogens is 587 g/mol. The van der Waals surface area contributed by atoms with Gasteiger partial charge in [-0.05, 0) is 87.8 Å². The van der Waals surface area contributed by atoms with E-state index in [0.29, 0.717) is 0 Å². The number of hydrogen-bond acceptors (Lipinski definition) is 3. The third kappa shape index (κ3) is 3.82. The molecular formula is C45H31NO2. The highest BCUT2D eigenvalue weighted by Crippen LogP contribution is 2.53. The van der Waals surface area contributed by atoms with E-state index in [-0.39, 0.29) is 60.9 Å². The van der Waals surface area contributed by atoms with E-state index in [1.54, 1.807) is 6.07 Å². The van der Waals surface area contributed by atoms with Crippen LogP contribution in [0.25, 0.3) is 66.1 Å². The average Bonchev–Trinajstić information content (AvgIpc) is 3.93. The van der Waals surface area contributed by atoms with Crippen molar-refractivity contribution in [3.8, 4) is 22.3 Å². The van der Waals surface area contributed by atoms with Gasteiger partial charge in [0.2, 0.25) is 0 Å². The highest BCUT2D eigenvalue weighted by molar-refractivity contribution is 6.17. The van der Waals surface area contributed by atoms with Crippen LogP contribution in [0.1, 0.15) is 44.2 Å². The Hall–Kier alpha value is -6.06. The van der Waals surface area contributed by atoms with Crippen LogP contribution < -0.4 is 4.90 Å². The van der Waals surface area contributed by atoms with Crippen LogP contribution in [0.15, 0.2) is 160 Å². The summed E-state index contributed by atoms with van der Waals surface area (Å²) in [4.78, 5) is 1.34. The molecule has 1 aliphatic rings. The van der Waals surface area contributed by atoms with Crippen molar-refractivity contribution in [1.82, 2.24) is 0 Å². The standard InChI is InChI=1S/C45H31NO2/c1-45(2)35-25-22-29(28-12-4-3-5-13-28)26-34(35)31-24-23-30(27-36(31)45)46(37-16-10-20-41-43(37)32-14-6-8-18-39(32)47-41)38-17-11-21-42-44(38)33-15-7-9-19-40(33)48-42/h3-27H,1-2H3/i6D,7D,8D,9D,10D,11D,14D,15D,16D,17D,18D,19D,20D,21D. The number of fused-ring (bicyclic) bond motifs is 9. The van der Waals surface area contributed by atoms with E-state index in [1.165, 1.54) is 4.90 Å². The van der Waals surface area contributed by atoms with E-state index < -0.39 is 90.0 Å². The maximum absolute atomic E-state index is 9.59. The SMILES string of the molecule is [2H]c1c([2H])c([2H])c2c(oc3c([2H])c([2H])c([2H])c(N(c4ccc5c(c4)C(C)(C)c4ccc(-c6ccccc6)cc4-5)c4c([2H])c([2H])c([2H])c5oc6c([2H])c([2H])c([2H])c([2H])c6c45)c32)c1[2H]. The molecule has 228 valence electrons. The Morgan fingerprint density at radius 2 is 1.12 bits per heavy atom. The molecule has 0 bridgehead atoms. The zero-order valence-corrected chi connectivity index (χ0v) is 25.6. The van der Waals surface area contributed by atoms with Crippen molar-refractivity contribution in [2.24, 2.45) is 0 Å². The fourth-order valence-electron chi connectivity index (χ4n) is 7.08. The van der Waals surface area contributed by atoms with Gasteiger partial charge in [0.05, 0.1) is 41.3 Å². The average molecular weight is 632 g/mol. The van der Waals surface area contributed by atoms with Crippen LogP contribution in [0.5, 0.6) is 0 Å². The third-order valence-electron chi connectivity index (χ3n) is 9.33. The van der Waals surface area contributed by atoms with Crippen LogP contribution in [0, 0.1) is 0 Å². The maximum atomic E-state index is 9.59. The number of para-hydroxylation sites is 2. The van der Waals surface area contributed by atoms with Gasteiger partial charge in [-0.3, -0.25) is 0 Å².